The first kappa shape index (κ1) is 14.9. The Balaban J connectivity index is 2.07. The van der Waals surface area contributed by atoms with Gasteiger partial charge in [-0.15, -0.1) is 0 Å². The quantitative estimate of drug-likeness (QED) is 0.900. The molecule has 0 saturated carbocycles. The van der Waals surface area contributed by atoms with E-state index in [2.05, 4.69) is 5.32 Å². The number of para-hydroxylation sites is 2. The number of hydrogen-bond acceptors (Lipinski definition) is 3. The summed E-state index contributed by atoms with van der Waals surface area (Å²) >= 11 is 0. The third-order valence-electron chi connectivity index (χ3n) is 2.94. The van der Waals surface area contributed by atoms with Gasteiger partial charge >= 0.3 is 0 Å². The van der Waals surface area contributed by atoms with E-state index in [0.29, 0.717) is 17.2 Å². The van der Waals surface area contributed by atoms with Crippen molar-refractivity contribution in [3.8, 4) is 17.2 Å². The molecule has 1 amide bonds. The average molecular weight is 285 g/mol. The van der Waals surface area contributed by atoms with Crippen LogP contribution in [0.5, 0.6) is 17.2 Å². The molecule has 0 aliphatic carbocycles. The van der Waals surface area contributed by atoms with Crippen molar-refractivity contribution in [3.05, 3.63) is 48.5 Å². The van der Waals surface area contributed by atoms with Crippen LogP contribution in [-0.2, 0) is 4.79 Å². The van der Waals surface area contributed by atoms with Gasteiger partial charge in [0.1, 0.15) is 5.75 Å². The number of amides is 1. The zero-order valence-corrected chi connectivity index (χ0v) is 12.4. The van der Waals surface area contributed by atoms with E-state index in [9.17, 15) is 4.79 Å². The van der Waals surface area contributed by atoms with Gasteiger partial charge in [0.05, 0.1) is 7.11 Å². The lowest BCUT2D eigenvalue weighted by molar-refractivity contribution is -0.118. The Morgan fingerprint density at radius 3 is 2.19 bits per heavy atom. The number of nitrogens with one attached hydrogen (secondary N) is 1. The van der Waals surface area contributed by atoms with E-state index in [1.165, 1.54) is 0 Å². The highest BCUT2D eigenvalue weighted by molar-refractivity contribution is 5.92. The molecule has 0 heterocycles. The number of carbonyl (C=O) groups excluding carboxylic acids is 1. The lowest BCUT2D eigenvalue weighted by Gasteiger charge is -2.11. The normalized spacial score (nSPS) is 10.3. The van der Waals surface area contributed by atoms with Crippen LogP contribution in [0.15, 0.2) is 48.5 Å². The van der Waals surface area contributed by atoms with Crippen molar-refractivity contribution in [1.82, 2.24) is 0 Å². The van der Waals surface area contributed by atoms with Crippen LogP contribution in [0, 0.1) is 5.92 Å². The summed E-state index contributed by atoms with van der Waals surface area (Å²) in [7, 11) is 1.60. The van der Waals surface area contributed by atoms with E-state index in [0.717, 1.165) is 5.69 Å². The second-order valence-electron chi connectivity index (χ2n) is 4.92. The van der Waals surface area contributed by atoms with Gasteiger partial charge in [0.2, 0.25) is 5.91 Å². The fourth-order valence-electron chi connectivity index (χ4n) is 1.72. The number of benzene rings is 2. The maximum Gasteiger partial charge on any atom is 0.226 e. The molecule has 0 spiro atoms. The molecule has 0 radical (unpaired) electrons. The number of rotatable bonds is 5. The van der Waals surface area contributed by atoms with Crippen molar-refractivity contribution in [3.63, 3.8) is 0 Å². The highest BCUT2D eigenvalue weighted by Gasteiger charge is 2.08. The molecular formula is C17H19NO3. The molecular weight excluding hydrogens is 266 g/mol. The summed E-state index contributed by atoms with van der Waals surface area (Å²) in [5, 5.41) is 2.84. The SMILES string of the molecule is COc1ccccc1Oc1ccc(NC(=O)C(C)C)cc1. The van der Waals surface area contributed by atoms with Crippen LogP contribution in [-0.4, -0.2) is 13.0 Å². The van der Waals surface area contributed by atoms with Crippen molar-refractivity contribution in [2.75, 3.05) is 12.4 Å². The molecule has 0 bridgehead atoms. The van der Waals surface area contributed by atoms with E-state index in [1.54, 1.807) is 7.11 Å². The van der Waals surface area contributed by atoms with Crippen molar-refractivity contribution < 1.29 is 14.3 Å². The minimum absolute atomic E-state index is 0.00611. The van der Waals surface area contributed by atoms with Crippen molar-refractivity contribution >= 4 is 11.6 Å². The predicted molar refractivity (Wildman–Crippen MR) is 83.0 cm³/mol. The van der Waals surface area contributed by atoms with Crippen molar-refractivity contribution in [1.29, 1.82) is 0 Å². The molecule has 0 saturated heterocycles. The van der Waals surface area contributed by atoms with Crippen LogP contribution in [0.2, 0.25) is 0 Å². The van der Waals surface area contributed by atoms with Crippen LogP contribution in [0.1, 0.15) is 13.8 Å². The topological polar surface area (TPSA) is 47.6 Å². The van der Waals surface area contributed by atoms with E-state index < -0.39 is 0 Å². The lowest BCUT2D eigenvalue weighted by atomic mass is 10.2. The first-order chi connectivity index (χ1) is 10.1. The standard InChI is InChI=1S/C17H19NO3/c1-12(2)17(19)18-13-8-10-14(11-9-13)21-16-7-5-4-6-15(16)20-3/h4-12H,1-3H3,(H,18,19). The van der Waals surface area contributed by atoms with E-state index in [4.69, 9.17) is 9.47 Å². The molecule has 4 heteroatoms. The fourth-order valence-corrected chi connectivity index (χ4v) is 1.72. The largest absolute Gasteiger partial charge is 0.493 e. The van der Waals surface area contributed by atoms with Crippen LogP contribution < -0.4 is 14.8 Å². The molecule has 2 rings (SSSR count). The molecule has 0 unspecified atom stereocenters. The highest BCUT2D eigenvalue weighted by Crippen LogP contribution is 2.31. The molecule has 21 heavy (non-hydrogen) atoms. The van der Waals surface area contributed by atoms with Crippen molar-refractivity contribution in [2.45, 2.75) is 13.8 Å². The molecule has 4 nitrogen and oxygen atoms in total. The minimum atomic E-state index is -0.0468. The lowest BCUT2D eigenvalue weighted by Crippen LogP contribution is -2.17. The Hall–Kier alpha value is -2.49. The maximum absolute atomic E-state index is 11.6. The number of methoxy groups -OCH3 is 1. The van der Waals surface area contributed by atoms with E-state index in [-0.39, 0.29) is 11.8 Å². The molecule has 110 valence electrons. The molecule has 1 N–H and O–H groups in total. The van der Waals surface area contributed by atoms with Gasteiger partial charge in [-0.2, -0.15) is 0 Å². The van der Waals surface area contributed by atoms with Gasteiger partial charge in [-0.3, -0.25) is 4.79 Å². The molecule has 2 aromatic carbocycles. The molecule has 0 aliphatic heterocycles. The van der Waals surface area contributed by atoms with E-state index in [1.807, 2.05) is 62.4 Å². The Morgan fingerprint density at radius 2 is 1.62 bits per heavy atom. The van der Waals surface area contributed by atoms with Gasteiger partial charge in [-0.05, 0) is 36.4 Å². The Labute approximate surface area is 124 Å². The average Bonchev–Trinajstić information content (AvgIpc) is 2.49. The second-order valence-corrected chi connectivity index (χ2v) is 4.92. The molecule has 0 fully saturated rings. The molecule has 2 aromatic rings. The van der Waals surface area contributed by atoms with Gasteiger partial charge in [-0.1, -0.05) is 26.0 Å². The fraction of sp³-hybridized carbons (Fsp3) is 0.235. The summed E-state index contributed by atoms with van der Waals surface area (Å²) in [5.41, 5.74) is 0.751. The summed E-state index contributed by atoms with van der Waals surface area (Å²) in [4.78, 5) is 11.6. The van der Waals surface area contributed by atoms with Crippen LogP contribution in [0.25, 0.3) is 0 Å². The zero-order valence-electron chi connectivity index (χ0n) is 12.4. The number of hydrogen-bond donors (Lipinski definition) is 1. The van der Waals surface area contributed by atoms with Gasteiger partial charge in [0, 0.05) is 11.6 Å². The number of carbonyl (C=O) groups is 1. The third-order valence-corrected chi connectivity index (χ3v) is 2.94. The summed E-state index contributed by atoms with van der Waals surface area (Å²) in [6.45, 7) is 3.71. The summed E-state index contributed by atoms with van der Waals surface area (Å²) in [5.74, 6) is 1.96. The summed E-state index contributed by atoms with van der Waals surface area (Å²) < 4.78 is 11.0. The van der Waals surface area contributed by atoms with Crippen LogP contribution >= 0.6 is 0 Å². The zero-order chi connectivity index (χ0) is 15.2. The summed E-state index contributed by atoms with van der Waals surface area (Å²) in [6, 6.07) is 14.7. The molecule has 0 aromatic heterocycles. The first-order valence-corrected chi connectivity index (χ1v) is 6.82. The predicted octanol–water partition coefficient (Wildman–Crippen LogP) is 4.08. The second kappa shape index (κ2) is 6.79. The Morgan fingerprint density at radius 1 is 1.00 bits per heavy atom. The highest BCUT2D eigenvalue weighted by atomic mass is 16.5. The van der Waals surface area contributed by atoms with Gasteiger partial charge in [0.15, 0.2) is 11.5 Å². The van der Waals surface area contributed by atoms with Gasteiger partial charge in [0.25, 0.3) is 0 Å². The van der Waals surface area contributed by atoms with E-state index >= 15 is 0 Å². The van der Waals surface area contributed by atoms with Crippen LogP contribution in [0.4, 0.5) is 5.69 Å². The smallest absolute Gasteiger partial charge is 0.226 e. The molecule has 0 atom stereocenters. The minimum Gasteiger partial charge on any atom is -0.493 e. The third kappa shape index (κ3) is 3.99. The number of ether oxygens (including phenoxy) is 2. The monoisotopic (exact) mass is 285 g/mol. The maximum atomic E-state index is 11.6. The van der Waals surface area contributed by atoms with Gasteiger partial charge in [-0.25, -0.2) is 0 Å². The molecule has 0 aliphatic rings. The Bertz CT molecular complexity index is 606. The van der Waals surface area contributed by atoms with Crippen LogP contribution in [0.3, 0.4) is 0 Å². The van der Waals surface area contributed by atoms with Gasteiger partial charge < -0.3 is 14.8 Å². The number of anilines is 1. The van der Waals surface area contributed by atoms with Crippen molar-refractivity contribution in [2.24, 2.45) is 5.92 Å². The Kier molecular flexibility index (Phi) is 4.82. The summed E-state index contributed by atoms with van der Waals surface area (Å²) in [6.07, 6.45) is 0. The first-order valence-electron chi connectivity index (χ1n) is 6.82.